The van der Waals surface area contributed by atoms with E-state index >= 15 is 0 Å². The molecule has 0 radical (unpaired) electrons. The van der Waals surface area contributed by atoms with Crippen LogP contribution in [0.4, 0.5) is 0 Å². The predicted molar refractivity (Wildman–Crippen MR) is 89.6 cm³/mol. The van der Waals surface area contributed by atoms with Crippen LogP contribution >= 0.6 is 0 Å². The van der Waals surface area contributed by atoms with Crippen LogP contribution in [0.2, 0.25) is 0 Å². The predicted octanol–water partition coefficient (Wildman–Crippen LogP) is 5.30. The summed E-state index contributed by atoms with van der Waals surface area (Å²) in [5.41, 5.74) is 2.62. The maximum absolute atomic E-state index is 6.10. The summed E-state index contributed by atoms with van der Waals surface area (Å²) in [6, 6.07) is 12.9. The van der Waals surface area contributed by atoms with Crippen molar-refractivity contribution in [2.45, 2.75) is 52.5 Å². The molecule has 0 saturated heterocycles. The SMILES string of the molecule is CCCNC(C)c1ccc(-c2ccccc2C(C)(C)C)o1. The molecule has 0 spiro atoms. The molecule has 0 fully saturated rings. The molecule has 2 nitrogen and oxygen atoms in total. The summed E-state index contributed by atoms with van der Waals surface area (Å²) in [4.78, 5) is 0. The highest BCUT2D eigenvalue weighted by Gasteiger charge is 2.20. The molecule has 1 aromatic heterocycles. The fraction of sp³-hybridized carbons (Fsp3) is 0.474. The van der Waals surface area contributed by atoms with Crippen molar-refractivity contribution in [1.82, 2.24) is 5.32 Å². The summed E-state index contributed by atoms with van der Waals surface area (Å²) in [6.45, 7) is 12.0. The molecule has 2 aromatic rings. The van der Waals surface area contributed by atoms with E-state index < -0.39 is 0 Å². The Morgan fingerprint density at radius 1 is 1.10 bits per heavy atom. The first kappa shape index (κ1) is 15.8. The number of rotatable bonds is 5. The summed E-state index contributed by atoms with van der Waals surface area (Å²) >= 11 is 0. The van der Waals surface area contributed by atoms with E-state index in [1.54, 1.807) is 0 Å². The molecular weight excluding hydrogens is 258 g/mol. The Bertz CT molecular complexity index is 577. The first-order valence-electron chi connectivity index (χ1n) is 7.86. The Morgan fingerprint density at radius 3 is 2.48 bits per heavy atom. The summed E-state index contributed by atoms with van der Waals surface area (Å²) in [5.74, 6) is 1.96. The normalized spacial score (nSPS) is 13.4. The molecule has 0 bridgehead atoms. The fourth-order valence-electron chi connectivity index (χ4n) is 2.54. The molecule has 1 aromatic carbocycles. The molecule has 21 heavy (non-hydrogen) atoms. The van der Waals surface area contributed by atoms with Gasteiger partial charge < -0.3 is 9.73 Å². The Kier molecular flexibility index (Phi) is 4.89. The highest BCUT2D eigenvalue weighted by molar-refractivity contribution is 5.64. The standard InChI is InChI=1S/C19H27NO/c1-6-13-20-14(2)17-11-12-18(21-17)15-9-7-8-10-16(15)19(3,4)5/h7-12,14,20H,6,13H2,1-5H3. The van der Waals surface area contributed by atoms with Gasteiger partial charge in [0.1, 0.15) is 11.5 Å². The highest BCUT2D eigenvalue weighted by atomic mass is 16.3. The molecule has 114 valence electrons. The number of hydrogen-bond donors (Lipinski definition) is 1. The zero-order chi connectivity index (χ0) is 15.5. The molecule has 0 aliphatic rings. The Balaban J connectivity index is 2.30. The lowest BCUT2D eigenvalue weighted by Crippen LogP contribution is -2.18. The van der Waals surface area contributed by atoms with E-state index in [9.17, 15) is 0 Å². The maximum Gasteiger partial charge on any atom is 0.134 e. The summed E-state index contributed by atoms with van der Waals surface area (Å²) in [5, 5.41) is 3.46. The molecule has 1 atom stereocenters. The highest BCUT2D eigenvalue weighted by Crippen LogP contribution is 2.34. The van der Waals surface area contributed by atoms with Crippen LogP contribution in [0.25, 0.3) is 11.3 Å². The van der Waals surface area contributed by atoms with Crippen LogP contribution in [-0.2, 0) is 5.41 Å². The van der Waals surface area contributed by atoms with Gasteiger partial charge in [-0.15, -0.1) is 0 Å². The lowest BCUT2D eigenvalue weighted by Gasteiger charge is -2.22. The minimum absolute atomic E-state index is 0.107. The lowest BCUT2D eigenvalue weighted by atomic mass is 9.83. The van der Waals surface area contributed by atoms with Crippen LogP contribution in [0.5, 0.6) is 0 Å². The van der Waals surface area contributed by atoms with Crippen molar-refractivity contribution < 1.29 is 4.42 Å². The average molecular weight is 285 g/mol. The Hall–Kier alpha value is -1.54. The monoisotopic (exact) mass is 285 g/mol. The van der Waals surface area contributed by atoms with Gasteiger partial charge >= 0.3 is 0 Å². The number of benzene rings is 1. The van der Waals surface area contributed by atoms with Gasteiger partial charge in [-0.1, -0.05) is 52.0 Å². The number of hydrogen-bond acceptors (Lipinski definition) is 2. The van der Waals surface area contributed by atoms with Crippen molar-refractivity contribution in [2.24, 2.45) is 0 Å². The van der Waals surface area contributed by atoms with Crippen molar-refractivity contribution in [3.8, 4) is 11.3 Å². The van der Waals surface area contributed by atoms with Gasteiger partial charge in [0.15, 0.2) is 0 Å². The second-order valence-electron chi connectivity index (χ2n) is 6.67. The lowest BCUT2D eigenvalue weighted by molar-refractivity contribution is 0.438. The van der Waals surface area contributed by atoms with Crippen LogP contribution in [-0.4, -0.2) is 6.54 Å². The molecule has 1 unspecified atom stereocenters. The third-order valence-corrected chi connectivity index (χ3v) is 3.75. The summed E-state index contributed by atoms with van der Waals surface area (Å²) in [6.07, 6.45) is 1.13. The van der Waals surface area contributed by atoms with Crippen LogP contribution in [0, 0.1) is 0 Å². The third-order valence-electron chi connectivity index (χ3n) is 3.75. The summed E-state index contributed by atoms with van der Waals surface area (Å²) < 4.78 is 6.10. The van der Waals surface area contributed by atoms with E-state index in [2.05, 4.69) is 76.3 Å². The van der Waals surface area contributed by atoms with E-state index in [1.165, 1.54) is 11.1 Å². The Morgan fingerprint density at radius 2 is 1.81 bits per heavy atom. The van der Waals surface area contributed by atoms with Crippen molar-refractivity contribution in [3.63, 3.8) is 0 Å². The van der Waals surface area contributed by atoms with Gasteiger partial charge in [0, 0.05) is 5.56 Å². The second-order valence-corrected chi connectivity index (χ2v) is 6.67. The third kappa shape index (κ3) is 3.76. The van der Waals surface area contributed by atoms with Crippen molar-refractivity contribution in [2.75, 3.05) is 6.54 Å². The van der Waals surface area contributed by atoms with Crippen LogP contribution in [0.15, 0.2) is 40.8 Å². The largest absolute Gasteiger partial charge is 0.459 e. The van der Waals surface area contributed by atoms with E-state index in [-0.39, 0.29) is 11.5 Å². The number of furan rings is 1. The van der Waals surface area contributed by atoms with E-state index in [0.717, 1.165) is 24.5 Å². The Labute approximate surface area is 128 Å². The average Bonchev–Trinajstić information content (AvgIpc) is 2.93. The molecule has 0 amide bonds. The summed E-state index contributed by atoms with van der Waals surface area (Å²) in [7, 11) is 0. The van der Waals surface area contributed by atoms with Gasteiger partial charge in [0.05, 0.1) is 6.04 Å². The molecule has 0 saturated carbocycles. The van der Waals surface area contributed by atoms with Crippen molar-refractivity contribution in [1.29, 1.82) is 0 Å². The number of nitrogens with one attached hydrogen (secondary N) is 1. The van der Waals surface area contributed by atoms with Gasteiger partial charge in [0.2, 0.25) is 0 Å². The maximum atomic E-state index is 6.10. The van der Waals surface area contributed by atoms with Crippen LogP contribution in [0.1, 0.15) is 58.4 Å². The molecule has 2 rings (SSSR count). The van der Waals surface area contributed by atoms with E-state index in [1.807, 2.05) is 0 Å². The first-order valence-corrected chi connectivity index (χ1v) is 7.86. The van der Waals surface area contributed by atoms with Gasteiger partial charge in [-0.3, -0.25) is 0 Å². The van der Waals surface area contributed by atoms with Gasteiger partial charge in [0.25, 0.3) is 0 Å². The smallest absolute Gasteiger partial charge is 0.134 e. The minimum atomic E-state index is 0.107. The van der Waals surface area contributed by atoms with Crippen molar-refractivity contribution in [3.05, 3.63) is 47.7 Å². The quantitative estimate of drug-likeness (QED) is 0.806. The molecule has 0 aliphatic carbocycles. The zero-order valence-corrected chi connectivity index (χ0v) is 13.9. The first-order chi connectivity index (χ1) is 9.93. The van der Waals surface area contributed by atoms with Crippen LogP contribution in [0.3, 0.4) is 0 Å². The minimum Gasteiger partial charge on any atom is -0.459 e. The molecule has 1 heterocycles. The van der Waals surface area contributed by atoms with Gasteiger partial charge in [-0.2, -0.15) is 0 Å². The topological polar surface area (TPSA) is 25.2 Å². The molecular formula is C19H27NO. The van der Waals surface area contributed by atoms with Crippen molar-refractivity contribution >= 4 is 0 Å². The zero-order valence-electron chi connectivity index (χ0n) is 13.9. The fourth-order valence-corrected chi connectivity index (χ4v) is 2.54. The molecule has 1 N–H and O–H groups in total. The molecule has 2 heteroatoms. The van der Waals surface area contributed by atoms with E-state index in [4.69, 9.17) is 4.42 Å². The molecule has 0 aliphatic heterocycles. The van der Waals surface area contributed by atoms with Gasteiger partial charge in [-0.25, -0.2) is 0 Å². The van der Waals surface area contributed by atoms with E-state index in [0.29, 0.717) is 0 Å². The second kappa shape index (κ2) is 6.48. The van der Waals surface area contributed by atoms with Crippen LogP contribution < -0.4 is 5.32 Å². The van der Waals surface area contributed by atoms with Gasteiger partial charge in [-0.05, 0) is 43.0 Å².